The number of aromatic nitrogens is 2. The van der Waals surface area contributed by atoms with Gasteiger partial charge in [-0.1, -0.05) is 10.2 Å². The van der Waals surface area contributed by atoms with Crippen LogP contribution in [0.5, 0.6) is 0 Å². The third-order valence-electron chi connectivity index (χ3n) is 1.60. The molecule has 0 fully saturated rings. The second-order valence-corrected chi connectivity index (χ2v) is 2.91. The molecule has 1 aromatic heterocycles. The lowest BCUT2D eigenvalue weighted by molar-refractivity contribution is 0.0689. The molecule has 1 aromatic rings. The van der Waals surface area contributed by atoms with Gasteiger partial charge in [-0.05, 0) is 0 Å². The second kappa shape index (κ2) is 4.77. The molecule has 0 amide bonds. The highest BCUT2D eigenvalue weighted by molar-refractivity contribution is 5.26. The van der Waals surface area contributed by atoms with Crippen LogP contribution in [0, 0.1) is 0 Å². The average molecular weight is 202 g/mol. The highest BCUT2D eigenvalue weighted by Gasteiger charge is 2.13. The van der Waals surface area contributed by atoms with E-state index in [4.69, 9.17) is 14.9 Å². The molecule has 0 saturated heterocycles. The van der Waals surface area contributed by atoms with Gasteiger partial charge in [0.1, 0.15) is 0 Å². The van der Waals surface area contributed by atoms with Crippen LogP contribution in [0.3, 0.4) is 0 Å². The van der Waals surface area contributed by atoms with Crippen molar-refractivity contribution in [3.63, 3.8) is 0 Å². The number of nitrogens with two attached hydrogens (primary N) is 1. The van der Waals surface area contributed by atoms with Crippen molar-refractivity contribution in [3.8, 4) is 0 Å². The smallest absolute Gasteiger partial charge is 0.319 e. The first-order valence-electron chi connectivity index (χ1n) is 4.10. The maximum absolute atomic E-state index is 9.40. The summed E-state index contributed by atoms with van der Waals surface area (Å²) < 4.78 is 9.73. The Bertz CT molecular complexity index is 278. The van der Waals surface area contributed by atoms with E-state index in [1.54, 1.807) is 11.9 Å². The quantitative estimate of drug-likeness (QED) is 0.638. The van der Waals surface area contributed by atoms with Gasteiger partial charge in [0.15, 0.2) is 0 Å². The highest BCUT2D eigenvalue weighted by Crippen LogP contribution is 2.11. The zero-order valence-corrected chi connectivity index (χ0v) is 8.17. The van der Waals surface area contributed by atoms with Crippen molar-refractivity contribution in [2.75, 3.05) is 37.9 Å². The Labute approximate surface area is 81.5 Å². The van der Waals surface area contributed by atoms with Gasteiger partial charge in [-0.15, -0.1) is 0 Å². The van der Waals surface area contributed by atoms with Crippen molar-refractivity contribution in [2.45, 2.75) is 6.10 Å². The van der Waals surface area contributed by atoms with E-state index < -0.39 is 6.10 Å². The van der Waals surface area contributed by atoms with Crippen LogP contribution < -0.4 is 10.6 Å². The van der Waals surface area contributed by atoms with E-state index in [-0.39, 0.29) is 18.6 Å². The maximum Gasteiger partial charge on any atom is 0.319 e. The highest BCUT2D eigenvalue weighted by atomic mass is 16.5. The number of nitrogens with zero attached hydrogens (tertiary/aromatic N) is 3. The fraction of sp³-hybridized carbons (Fsp3) is 0.714. The van der Waals surface area contributed by atoms with Gasteiger partial charge >= 0.3 is 12.0 Å². The monoisotopic (exact) mass is 202 g/mol. The Morgan fingerprint density at radius 2 is 2.36 bits per heavy atom. The minimum Gasteiger partial charge on any atom is -0.390 e. The van der Waals surface area contributed by atoms with Gasteiger partial charge in [-0.3, -0.25) is 0 Å². The number of rotatable bonds is 5. The topological polar surface area (TPSA) is 97.6 Å². The van der Waals surface area contributed by atoms with E-state index >= 15 is 0 Å². The summed E-state index contributed by atoms with van der Waals surface area (Å²) in [6.07, 6.45) is -0.599. The number of aliphatic hydroxyl groups is 1. The Balaban J connectivity index is 2.45. The normalized spacial score (nSPS) is 12.8. The molecule has 0 aliphatic heterocycles. The van der Waals surface area contributed by atoms with Crippen molar-refractivity contribution >= 4 is 12.0 Å². The molecule has 0 aliphatic rings. The van der Waals surface area contributed by atoms with E-state index in [9.17, 15) is 5.11 Å². The summed E-state index contributed by atoms with van der Waals surface area (Å²) in [6, 6.07) is 0.283. The largest absolute Gasteiger partial charge is 0.390 e. The van der Waals surface area contributed by atoms with Crippen LogP contribution in [0.2, 0.25) is 0 Å². The molecule has 0 radical (unpaired) electrons. The van der Waals surface area contributed by atoms with Crippen LogP contribution in [0.15, 0.2) is 4.42 Å². The Kier molecular flexibility index (Phi) is 3.66. The summed E-state index contributed by atoms with van der Waals surface area (Å²) >= 11 is 0. The predicted molar refractivity (Wildman–Crippen MR) is 49.9 cm³/mol. The molecular formula is C7H14N4O3. The number of likely N-dealkylation sites (N-methyl/N-ethyl adjacent to an activating group) is 1. The van der Waals surface area contributed by atoms with Crippen molar-refractivity contribution in [2.24, 2.45) is 0 Å². The van der Waals surface area contributed by atoms with Crippen molar-refractivity contribution in [1.29, 1.82) is 0 Å². The lowest BCUT2D eigenvalue weighted by Gasteiger charge is -2.17. The summed E-state index contributed by atoms with van der Waals surface area (Å²) in [6.45, 7) is 0.601. The SMILES string of the molecule is COCC(O)CN(C)c1nnc(N)o1. The van der Waals surface area contributed by atoms with Crippen LogP contribution in [0.1, 0.15) is 0 Å². The fourth-order valence-electron chi connectivity index (χ4n) is 1.02. The first-order chi connectivity index (χ1) is 6.63. The van der Waals surface area contributed by atoms with Gasteiger partial charge in [-0.2, -0.15) is 0 Å². The van der Waals surface area contributed by atoms with Gasteiger partial charge in [-0.25, -0.2) is 0 Å². The lowest BCUT2D eigenvalue weighted by Crippen LogP contribution is -2.32. The zero-order chi connectivity index (χ0) is 10.6. The molecule has 14 heavy (non-hydrogen) atoms. The summed E-state index contributed by atoms with van der Waals surface area (Å²) in [5.41, 5.74) is 5.25. The first kappa shape index (κ1) is 10.7. The van der Waals surface area contributed by atoms with Crippen LogP contribution in [0.25, 0.3) is 0 Å². The summed E-state index contributed by atoms with van der Waals surface area (Å²) in [7, 11) is 3.24. The van der Waals surface area contributed by atoms with E-state index in [0.29, 0.717) is 6.54 Å². The number of ether oxygens (including phenoxy) is 1. The molecule has 7 nitrogen and oxygen atoms in total. The minimum absolute atomic E-state index is 0.00748. The zero-order valence-electron chi connectivity index (χ0n) is 8.17. The molecule has 0 saturated carbocycles. The molecule has 3 N–H and O–H groups in total. The van der Waals surface area contributed by atoms with E-state index in [1.807, 2.05) is 0 Å². The maximum atomic E-state index is 9.40. The average Bonchev–Trinajstić information content (AvgIpc) is 2.52. The molecular weight excluding hydrogens is 188 g/mol. The molecule has 1 atom stereocenters. The standard InChI is InChI=1S/C7H14N4O3/c1-11(3-5(12)4-13-2)7-10-9-6(8)14-7/h5,12H,3-4H2,1-2H3,(H2,8,9). The number of anilines is 2. The molecule has 0 bridgehead atoms. The number of hydrogen-bond acceptors (Lipinski definition) is 7. The second-order valence-electron chi connectivity index (χ2n) is 2.91. The summed E-state index contributed by atoms with van der Waals surface area (Å²) in [4.78, 5) is 1.60. The molecule has 0 spiro atoms. The molecule has 7 heteroatoms. The molecule has 80 valence electrons. The van der Waals surface area contributed by atoms with Gasteiger partial charge in [0.05, 0.1) is 19.3 Å². The van der Waals surface area contributed by atoms with Crippen LogP contribution >= 0.6 is 0 Å². The predicted octanol–water partition coefficient (Wildman–Crippen LogP) is -0.905. The Morgan fingerprint density at radius 3 is 2.86 bits per heavy atom. The van der Waals surface area contributed by atoms with Gasteiger partial charge in [0, 0.05) is 14.2 Å². The van der Waals surface area contributed by atoms with Crippen molar-refractivity contribution < 1.29 is 14.3 Å². The van der Waals surface area contributed by atoms with Crippen LogP contribution in [0.4, 0.5) is 12.0 Å². The van der Waals surface area contributed by atoms with E-state index in [0.717, 1.165) is 0 Å². The minimum atomic E-state index is -0.599. The number of hydrogen-bond donors (Lipinski definition) is 2. The number of methoxy groups -OCH3 is 1. The number of aliphatic hydroxyl groups excluding tert-OH is 1. The Hall–Kier alpha value is -1.34. The summed E-state index contributed by atoms with van der Waals surface area (Å²) in [5.74, 6) is 0. The molecule has 0 aromatic carbocycles. The van der Waals surface area contributed by atoms with Gasteiger partial charge in [0.25, 0.3) is 0 Å². The van der Waals surface area contributed by atoms with E-state index in [1.165, 1.54) is 7.11 Å². The van der Waals surface area contributed by atoms with E-state index in [2.05, 4.69) is 10.2 Å². The molecule has 1 unspecified atom stereocenters. The van der Waals surface area contributed by atoms with Crippen LogP contribution in [-0.4, -0.2) is 48.7 Å². The van der Waals surface area contributed by atoms with Gasteiger partial charge < -0.3 is 24.9 Å². The lowest BCUT2D eigenvalue weighted by atomic mass is 10.3. The Morgan fingerprint density at radius 1 is 1.64 bits per heavy atom. The van der Waals surface area contributed by atoms with Crippen molar-refractivity contribution in [1.82, 2.24) is 10.2 Å². The third-order valence-corrected chi connectivity index (χ3v) is 1.60. The first-order valence-corrected chi connectivity index (χ1v) is 4.10. The van der Waals surface area contributed by atoms with Crippen LogP contribution in [-0.2, 0) is 4.74 Å². The number of nitrogen functional groups attached to an aromatic ring is 1. The fourth-order valence-corrected chi connectivity index (χ4v) is 1.02. The molecule has 0 aliphatic carbocycles. The molecule has 1 heterocycles. The summed E-state index contributed by atoms with van der Waals surface area (Å²) in [5, 5.41) is 16.6. The van der Waals surface area contributed by atoms with Crippen molar-refractivity contribution in [3.05, 3.63) is 0 Å². The third kappa shape index (κ3) is 2.86. The molecule has 1 rings (SSSR count). The van der Waals surface area contributed by atoms with Gasteiger partial charge in [0.2, 0.25) is 0 Å².